The van der Waals surface area contributed by atoms with Crippen LogP contribution in [-0.2, 0) is 14.8 Å². The summed E-state index contributed by atoms with van der Waals surface area (Å²) in [5.74, 6) is -0.256. The van der Waals surface area contributed by atoms with E-state index in [1.807, 2.05) is 42.6 Å². The third kappa shape index (κ3) is 4.39. The molecule has 2 aliphatic heterocycles. The van der Waals surface area contributed by atoms with Gasteiger partial charge in [-0.15, -0.1) is 0 Å². The van der Waals surface area contributed by atoms with Crippen LogP contribution in [0, 0.1) is 0 Å². The third-order valence-electron chi connectivity index (χ3n) is 5.50. The van der Waals surface area contributed by atoms with Gasteiger partial charge in [0, 0.05) is 30.4 Å². The van der Waals surface area contributed by atoms with Gasteiger partial charge in [0.2, 0.25) is 10.0 Å². The van der Waals surface area contributed by atoms with Crippen molar-refractivity contribution in [2.24, 2.45) is 0 Å². The summed E-state index contributed by atoms with van der Waals surface area (Å²) in [6, 6.07) is 16.4. The predicted octanol–water partition coefficient (Wildman–Crippen LogP) is 3.81. The number of para-hydroxylation sites is 1. The summed E-state index contributed by atoms with van der Waals surface area (Å²) < 4.78 is 29.9. The molecule has 2 aliphatic rings. The fraction of sp³-hybridized carbons (Fsp3) is 0.174. The van der Waals surface area contributed by atoms with E-state index < -0.39 is 10.0 Å². The predicted molar refractivity (Wildman–Crippen MR) is 133 cm³/mol. The molecule has 7 nitrogen and oxygen atoms in total. The number of thiocarbonyl (C=S) groups is 1. The fourth-order valence-electron chi connectivity index (χ4n) is 3.87. The number of hydrogen-bond donors (Lipinski definition) is 1. The molecule has 168 valence electrons. The van der Waals surface area contributed by atoms with Crippen molar-refractivity contribution >= 4 is 50.3 Å². The molecule has 1 amide bonds. The SMILES string of the molecule is O=C1NC(=S)S/C1=C\c1cn(-c2ccccc2)nc1-c1cccc(S(=O)(=O)N2CCCC2)c1. The van der Waals surface area contributed by atoms with Crippen LogP contribution in [0.1, 0.15) is 18.4 Å². The Bertz CT molecular complexity index is 1370. The van der Waals surface area contributed by atoms with Crippen LogP contribution in [-0.4, -0.2) is 45.8 Å². The second-order valence-electron chi connectivity index (χ2n) is 7.70. The minimum Gasteiger partial charge on any atom is -0.307 e. The number of amides is 1. The van der Waals surface area contributed by atoms with Crippen molar-refractivity contribution in [2.45, 2.75) is 17.7 Å². The lowest BCUT2D eigenvalue weighted by Crippen LogP contribution is -2.27. The number of rotatable bonds is 5. The van der Waals surface area contributed by atoms with E-state index in [4.69, 9.17) is 17.3 Å². The molecule has 3 heterocycles. The van der Waals surface area contributed by atoms with E-state index in [-0.39, 0.29) is 10.8 Å². The summed E-state index contributed by atoms with van der Waals surface area (Å²) in [7, 11) is -3.57. The first kappa shape index (κ1) is 22.0. The summed E-state index contributed by atoms with van der Waals surface area (Å²) in [5, 5.41) is 7.37. The largest absolute Gasteiger partial charge is 0.307 e. The zero-order valence-electron chi connectivity index (χ0n) is 17.5. The van der Waals surface area contributed by atoms with Gasteiger partial charge in [-0.25, -0.2) is 13.1 Å². The third-order valence-corrected chi connectivity index (χ3v) is 8.56. The Balaban J connectivity index is 1.61. The molecule has 0 saturated carbocycles. The van der Waals surface area contributed by atoms with Crippen LogP contribution in [0.4, 0.5) is 0 Å². The number of aromatic nitrogens is 2. The normalized spacial score (nSPS) is 18.2. The van der Waals surface area contributed by atoms with Crippen LogP contribution in [0.2, 0.25) is 0 Å². The minimum absolute atomic E-state index is 0.240. The van der Waals surface area contributed by atoms with Crippen molar-refractivity contribution in [2.75, 3.05) is 13.1 Å². The number of hydrogen-bond acceptors (Lipinski definition) is 6. The van der Waals surface area contributed by atoms with Crippen molar-refractivity contribution in [3.05, 3.63) is 71.3 Å². The fourth-order valence-corrected chi connectivity index (χ4v) is 6.47. The van der Waals surface area contributed by atoms with Gasteiger partial charge >= 0.3 is 0 Å². The smallest absolute Gasteiger partial charge is 0.263 e. The molecule has 1 aromatic heterocycles. The first-order valence-corrected chi connectivity index (χ1v) is 13.1. The molecule has 3 aromatic rings. The molecule has 0 atom stereocenters. The summed E-state index contributed by atoms with van der Waals surface area (Å²) in [4.78, 5) is 13.0. The molecular formula is C23H20N4O3S3. The van der Waals surface area contributed by atoms with Gasteiger partial charge in [-0.3, -0.25) is 4.79 Å². The van der Waals surface area contributed by atoms with Gasteiger partial charge in [-0.2, -0.15) is 9.40 Å². The summed E-state index contributed by atoms with van der Waals surface area (Å²) in [5.41, 5.74) is 2.78. The van der Waals surface area contributed by atoms with Gasteiger partial charge in [0.25, 0.3) is 5.91 Å². The molecule has 2 saturated heterocycles. The van der Waals surface area contributed by atoms with Gasteiger partial charge in [-0.1, -0.05) is 54.3 Å². The molecule has 0 radical (unpaired) electrons. The first-order chi connectivity index (χ1) is 15.9. The van der Waals surface area contributed by atoms with E-state index in [0.29, 0.717) is 39.1 Å². The monoisotopic (exact) mass is 496 g/mol. The van der Waals surface area contributed by atoms with E-state index in [1.54, 1.807) is 29.0 Å². The van der Waals surface area contributed by atoms with E-state index in [1.165, 1.54) is 16.1 Å². The molecular weight excluding hydrogens is 476 g/mol. The van der Waals surface area contributed by atoms with E-state index in [0.717, 1.165) is 18.5 Å². The van der Waals surface area contributed by atoms with Crippen molar-refractivity contribution < 1.29 is 13.2 Å². The van der Waals surface area contributed by atoms with E-state index in [2.05, 4.69) is 5.32 Å². The van der Waals surface area contributed by atoms with Crippen molar-refractivity contribution in [1.82, 2.24) is 19.4 Å². The lowest BCUT2D eigenvalue weighted by Gasteiger charge is -2.15. The van der Waals surface area contributed by atoms with Crippen LogP contribution < -0.4 is 5.32 Å². The molecule has 2 aromatic carbocycles. The number of thioether (sulfide) groups is 1. The second-order valence-corrected chi connectivity index (χ2v) is 11.4. The molecule has 0 spiro atoms. The lowest BCUT2D eigenvalue weighted by molar-refractivity contribution is -0.115. The first-order valence-electron chi connectivity index (χ1n) is 10.4. The highest BCUT2D eigenvalue weighted by Gasteiger charge is 2.28. The van der Waals surface area contributed by atoms with Gasteiger partial charge in [-0.05, 0) is 43.2 Å². The molecule has 5 rings (SSSR count). The highest BCUT2D eigenvalue weighted by atomic mass is 32.2. The number of sulfonamides is 1. The van der Waals surface area contributed by atoms with E-state index in [9.17, 15) is 13.2 Å². The topological polar surface area (TPSA) is 84.3 Å². The molecule has 0 bridgehead atoms. The number of carbonyl (C=O) groups excluding carboxylic acids is 1. The quantitative estimate of drug-likeness (QED) is 0.427. The summed E-state index contributed by atoms with van der Waals surface area (Å²) >= 11 is 6.30. The molecule has 33 heavy (non-hydrogen) atoms. The summed E-state index contributed by atoms with van der Waals surface area (Å²) in [6.07, 6.45) is 5.32. The average molecular weight is 497 g/mol. The molecule has 0 unspecified atom stereocenters. The van der Waals surface area contributed by atoms with Gasteiger partial charge in [0.15, 0.2) is 0 Å². The van der Waals surface area contributed by atoms with Gasteiger partial charge in [0.1, 0.15) is 10.0 Å². The average Bonchev–Trinajstić information content (AvgIpc) is 3.56. The number of benzene rings is 2. The zero-order valence-corrected chi connectivity index (χ0v) is 19.9. The Kier molecular flexibility index (Phi) is 5.92. The highest BCUT2D eigenvalue weighted by Crippen LogP contribution is 2.32. The lowest BCUT2D eigenvalue weighted by atomic mass is 10.1. The maximum atomic E-state index is 13.1. The van der Waals surface area contributed by atoms with Crippen LogP contribution >= 0.6 is 24.0 Å². The Hall–Kier alpha value is -2.79. The Morgan fingerprint density at radius 3 is 2.52 bits per heavy atom. The molecule has 1 N–H and O–H groups in total. The molecule has 0 aliphatic carbocycles. The summed E-state index contributed by atoms with van der Waals surface area (Å²) in [6.45, 7) is 1.08. The Labute approximate surface area is 201 Å². The number of nitrogens with one attached hydrogen (secondary N) is 1. The maximum Gasteiger partial charge on any atom is 0.263 e. The second kappa shape index (κ2) is 8.86. The van der Waals surface area contributed by atoms with Gasteiger partial charge < -0.3 is 5.32 Å². The highest BCUT2D eigenvalue weighted by molar-refractivity contribution is 8.26. The minimum atomic E-state index is -3.57. The van der Waals surface area contributed by atoms with Crippen LogP contribution in [0.15, 0.2) is 70.6 Å². The van der Waals surface area contributed by atoms with E-state index >= 15 is 0 Å². The Morgan fingerprint density at radius 2 is 1.82 bits per heavy atom. The zero-order chi connectivity index (χ0) is 23.0. The number of nitrogens with zero attached hydrogens (tertiary/aromatic N) is 3. The van der Waals surface area contributed by atoms with Crippen LogP contribution in [0.25, 0.3) is 23.0 Å². The van der Waals surface area contributed by atoms with Gasteiger partial charge in [0.05, 0.1) is 15.5 Å². The Morgan fingerprint density at radius 1 is 1.06 bits per heavy atom. The standard InChI is InChI=1S/C23H20N4O3S3/c28-22-20(32-23(31)24-22)14-17-15-27(18-8-2-1-3-9-18)25-21(17)16-7-6-10-19(13-16)33(29,30)26-11-4-5-12-26/h1-3,6-10,13-15H,4-5,11-12H2,(H,24,28,31)/b20-14-. The van der Waals surface area contributed by atoms with Crippen molar-refractivity contribution in [3.63, 3.8) is 0 Å². The molecule has 10 heteroatoms. The van der Waals surface area contributed by atoms with Crippen molar-refractivity contribution in [3.8, 4) is 16.9 Å². The van der Waals surface area contributed by atoms with Crippen molar-refractivity contribution in [1.29, 1.82) is 0 Å². The maximum absolute atomic E-state index is 13.1. The molecule has 2 fully saturated rings. The van der Waals surface area contributed by atoms with Crippen LogP contribution in [0.3, 0.4) is 0 Å². The number of carbonyl (C=O) groups is 1. The van der Waals surface area contributed by atoms with Crippen LogP contribution in [0.5, 0.6) is 0 Å².